The largest absolute Gasteiger partial charge is 0.353 e. The predicted octanol–water partition coefficient (Wildman–Crippen LogP) is 3.92. The van der Waals surface area contributed by atoms with Crippen molar-refractivity contribution < 1.29 is 14.5 Å². The fourth-order valence-corrected chi connectivity index (χ4v) is 3.61. The molecule has 33 heavy (non-hydrogen) atoms. The lowest BCUT2D eigenvalue weighted by Crippen LogP contribution is -2.41. The van der Waals surface area contributed by atoms with Gasteiger partial charge in [-0.15, -0.1) is 0 Å². The van der Waals surface area contributed by atoms with Gasteiger partial charge in [0.1, 0.15) is 0 Å². The number of pyridine rings is 1. The van der Waals surface area contributed by atoms with Gasteiger partial charge < -0.3 is 4.98 Å². The van der Waals surface area contributed by atoms with Crippen LogP contribution in [0.3, 0.4) is 0 Å². The summed E-state index contributed by atoms with van der Waals surface area (Å²) in [6.45, 7) is 0. The topological polar surface area (TPSA) is 130 Å². The number of carbonyl (C=O) groups is 2. The first-order valence-electron chi connectivity index (χ1n) is 10.4. The first-order chi connectivity index (χ1) is 16.0. The van der Waals surface area contributed by atoms with Crippen molar-refractivity contribution in [3.63, 3.8) is 0 Å². The van der Waals surface area contributed by atoms with E-state index in [1.165, 1.54) is 24.3 Å². The minimum atomic E-state index is -0.549. The predicted molar refractivity (Wildman–Crippen MR) is 123 cm³/mol. The number of nitrogens with one attached hydrogen (secondary N) is 3. The van der Waals surface area contributed by atoms with Crippen molar-refractivity contribution in [2.75, 3.05) is 0 Å². The minimum Gasteiger partial charge on any atom is -0.353 e. The number of hydrogen-bond acceptors (Lipinski definition) is 5. The van der Waals surface area contributed by atoms with Crippen LogP contribution >= 0.6 is 0 Å². The average molecular weight is 443 g/mol. The van der Waals surface area contributed by atoms with Crippen LogP contribution in [-0.2, 0) is 11.2 Å². The van der Waals surface area contributed by atoms with Gasteiger partial charge in [0.15, 0.2) is 0 Å². The summed E-state index contributed by atoms with van der Waals surface area (Å²) in [7, 11) is 0. The Bertz CT molecular complexity index is 1300. The quantitative estimate of drug-likeness (QED) is 0.294. The van der Waals surface area contributed by atoms with E-state index in [2.05, 4.69) is 20.8 Å². The van der Waals surface area contributed by atoms with Crippen LogP contribution in [0, 0.1) is 10.1 Å². The number of non-ortho nitro benzene ring substituents is 1. The molecule has 0 unspecified atom stereocenters. The molecule has 0 spiro atoms. The Morgan fingerprint density at radius 2 is 1.73 bits per heavy atom. The number of nitrogens with zero attached hydrogens (tertiary/aromatic N) is 2. The second-order valence-corrected chi connectivity index (χ2v) is 7.40. The smallest absolute Gasteiger partial charge is 0.269 e. The maximum Gasteiger partial charge on any atom is 0.269 e. The summed E-state index contributed by atoms with van der Waals surface area (Å²) in [5, 5.41) is 11.8. The molecule has 0 atom stereocenters. The summed E-state index contributed by atoms with van der Waals surface area (Å²) in [4.78, 5) is 42.4. The van der Waals surface area contributed by atoms with Gasteiger partial charge in [0.25, 0.3) is 11.6 Å². The van der Waals surface area contributed by atoms with E-state index in [-0.39, 0.29) is 23.6 Å². The Labute approximate surface area is 189 Å². The van der Waals surface area contributed by atoms with Crippen LogP contribution in [0.25, 0.3) is 22.3 Å². The van der Waals surface area contributed by atoms with E-state index < -0.39 is 10.8 Å². The fourth-order valence-electron chi connectivity index (χ4n) is 3.61. The molecule has 0 bridgehead atoms. The van der Waals surface area contributed by atoms with Crippen LogP contribution in [0.1, 0.15) is 28.8 Å². The van der Waals surface area contributed by atoms with Crippen molar-refractivity contribution >= 4 is 28.4 Å². The van der Waals surface area contributed by atoms with E-state index in [1.807, 2.05) is 42.5 Å². The zero-order chi connectivity index (χ0) is 23.2. The Kier molecular flexibility index (Phi) is 6.40. The number of nitro groups is 1. The van der Waals surface area contributed by atoms with Crippen molar-refractivity contribution in [1.82, 2.24) is 20.8 Å². The number of aromatic amines is 1. The zero-order valence-electron chi connectivity index (χ0n) is 17.6. The molecule has 9 heteroatoms. The number of hydrogen-bond donors (Lipinski definition) is 3. The van der Waals surface area contributed by atoms with Crippen LogP contribution in [0.15, 0.2) is 72.9 Å². The monoisotopic (exact) mass is 443 g/mol. The molecule has 4 aromatic rings. The third-order valence-electron chi connectivity index (χ3n) is 5.22. The van der Waals surface area contributed by atoms with Crippen molar-refractivity contribution in [3.05, 3.63) is 94.2 Å². The molecule has 2 aromatic heterocycles. The molecule has 2 aromatic carbocycles. The van der Waals surface area contributed by atoms with Crippen LogP contribution in [0.5, 0.6) is 0 Å². The Morgan fingerprint density at radius 3 is 2.45 bits per heavy atom. The lowest BCUT2D eigenvalue weighted by Gasteiger charge is -2.08. The lowest BCUT2D eigenvalue weighted by molar-refractivity contribution is -0.384. The number of amides is 2. The highest BCUT2D eigenvalue weighted by molar-refractivity contribution is 5.95. The highest BCUT2D eigenvalue weighted by atomic mass is 16.6. The average Bonchev–Trinajstić information content (AvgIpc) is 3.22. The van der Waals surface area contributed by atoms with Crippen molar-refractivity contribution in [3.8, 4) is 11.4 Å². The number of rotatable bonds is 7. The van der Waals surface area contributed by atoms with Gasteiger partial charge in [0.05, 0.1) is 16.3 Å². The van der Waals surface area contributed by atoms with Gasteiger partial charge in [-0.25, -0.2) is 0 Å². The molecule has 3 N–H and O–H groups in total. The molecule has 0 aliphatic heterocycles. The molecule has 0 saturated carbocycles. The van der Waals surface area contributed by atoms with E-state index in [0.29, 0.717) is 12.8 Å². The second kappa shape index (κ2) is 9.73. The molecule has 2 heterocycles. The molecule has 0 fully saturated rings. The number of fused-ring (bicyclic) bond motifs is 1. The van der Waals surface area contributed by atoms with E-state index >= 15 is 0 Å². The van der Waals surface area contributed by atoms with Crippen LogP contribution in [0.2, 0.25) is 0 Å². The van der Waals surface area contributed by atoms with E-state index in [4.69, 9.17) is 0 Å². The number of para-hydroxylation sites is 1. The van der Waals surface area contributed by atoms with Crippen LogP contribution in [-0.4, -0.2) is 26.7 Å². The van der Waals surface area contributed by atoms with Gasteiger partial charge in [-0.3, -0.25) is 35.5 Å². The maximum absolute atomic E-state index is 12.2. The maximum atomic E-state index is 12.2. The summed E-state index contributed by atoms with van der Waals surface area (Å²) >= 11 is 0. The normalized spacial score (nSPS) is 10.7. The van der Waals surface area contributed by atoms with Crippen molar-refractivity contribution in [1.29, 1.82) is 0 Å². The third-order valence-corrected chi connectivity index (χ3v) is 5.22. The molecular formula is C24H21N5O4. The second-order valence-electron chi connectivity index (χ2n) is 7.40. The van der Waals surface area contributed by atoms with Gasteiger partial charge in [0, 0.05) is 41.2 Å². The number of carbonyl (C=O) groups excluding carboxylic acids is 2. The van der Waals surface area contributed by atoms with Gasteiger partial charge >= 0.3 is 0 Å². The minimum absolute atomic E-state index is 0.113. The Hall–Kier alpha value is -4.53. The standard InChI is InChI=1S/C24H21N5O4/c30-22(27-28-24(31)16-11-13-17(14-12-16)29(32)33)10-5-7-19-18-6-1-2-8-20(18)26-23(19)21-9-3-4-15-25-21/h1-4,6,8-9,11-15,26H,5,7,10H2,(H,27,30)(H,28,31). The molecule has 0 saturated heterocycles. The Morgan fingerprint density at radius 1 is 0.970 bits per heavy atom. The molecule has 9 nitrogen and oxygen atoms in total. The van der Waals surface area contributed by atoms with Crippen LogP contribution in [0.4, 0.5) is 5.69 Å². The van der Waals surface area contributed by atoms with Crippen molar-refractivity contribution in [2.45, 2.75) is 19.3 Å². The van der Waals surface area contributed by atoms with E-state index in [1.54, 1.807) is 6.20 Å². The molecule has 0 aliphatic carbocycles. The molecule has 2 amide bonds. The summed E-state index contributed by atoms with van der Waals surface area (Å²) in [5.74, 6) is -0.878. The molecule has 0 radical (unpaired) electrons. The van der Waals surface area contributed by atoms with Gasteiger partial charge in [-0.2, -0.15) is 0 Å². The van der Waals surface area contributed by atoms with Gasteiger partial charge in [-0.1, -0.05) is 24.3 Å². The lowest BCUT2D eigenvalue weighted by atomic mass is 10.0. The van der Waals surface area contributed by atoms with Crippen molar-refractivity contribution in [2.24, 2.45) is 0 Å². The summed E-state index contributed by atoms with van der Waals surface area (Å²) in [5.41, 5.74) is 8.69. The SMILES string of the molecule is O=C(CCCc1c(-c2ccccn2)[nH]c2ccccc12)NNC(=O)c1ccc([N+](=O)[O-])cc1. The fraction of sp³-hybridized carbons (Fsp3) is 0.125. The summed E-state index contributed by atoms with van der Waals surface area (Å²) in [6.07, 6.45) is 3.17. The highest BCUT2D eigenvalue weighted by Crippen LogP contribution is 2.30. The molecule has 0 aliphatic rings. The summed E-state index contributed by atoms with van der Waals surface area (Å²) < 4.78 is 0. The van der Waals surface area contributed by atoms with Gasteiger partial charge in [-0.05, 0) is 48.7 Å². The summed E-state index contributed by atoms with van der Waals surface area (Å²) in [6, 6.07) is 18.8. The van der Waals surface area contributed by atoms with Crippen LogP contribution < -0.4 is 10.9 Å². The molecule has 166 valence electrons. The number of aryl methyl sites for hydroxylation is 1. The zero-order valence-corrected chi connectivity index (χ0v) is 17.6. The number of H-pyrrole nitrogens is 1. The van der Waals surface area contributed by atoms with Gasteiger partial charge in [0.2, 0.25) is 5.91 Å². The number of aromatic nitrogens is 2. The highest BCUT2D eigenvalue weighted by Gasteiger charge is 2.15. The van der Waals surface area contributed by atoms with E-state index in [9.17, 15) is 19.7 Å². The Balaban J connectivity index is 1.35. The molecular weight excluding hydrogens is 422 g/mol. The number of benzene rings is 2. The number of nitro benzene ring substituents is 1. The first kappa shape index (κ1) is 21.7. The third kappa shape index (κ3) is 5.04. The number of hydrazine groups is 1. The van der Waals surface area contributed by atoms with E-state index in [0.717, 1.165) is 27.9 Å². The first-order valence-corrected chi connectivity index (χ1v) is 10.4. The molecule has 4 rings (SSSR count).